The molecular weight excluding hydrogens is 268 g/mol. The number of ether oxygens (including phenoxy) is 2. The summed E-state index contributed by atoms with van der Waals surface area (Å²) in [5.41, 5.74) is 0. The summed E-state index contributed by atoms with van der Waals surface area (Å²) in [5.74, 6) is -1.35. The summed E-state index contributed by atoms with van der Waals surface area (Å²) >= 11 is 0. The molecule has 1 atom stereocenters. The average Bonchev–Trinajstić information content (AvgIpc) is 3.21. The fraction of sp³-hybridized carbons (Fsp3) is 0.750. The minimum atomic E-state index is -1.31. The lowest BCUT2D eigenvalue weighted by Gasteiger charge is -2.14. The second kappa shape index (κ2) is 8.36. The van der Waals surface area contributed by atoms with Crippen LogP contribution in [0.5, 0.6) is 0 Å². The molecular formula is C12H20N2O6. The third-order valence-electron chi connectivity index (χ3n) is 2.78. The standard InChI is InChI=1S/C12H20N2O6/c1-19-10(15)6-9(11(16)17)14-12(18)13-4-5-20-7-8-2-3-8/h8-9H,2-7H2,1H3,(H,16,17)(H2,13,14,18)/t9-/m0/s1. The lowest BCUT2D eigenvalue weighted by molar-refractivity contribution is -0.147. The third kappa shape index (κ3) is 6.93. The van der Waals surface area contributed by atoms with Gasteiger partial charge in [-0.15, -0.1) is 0 Å². The molecule has 0 spiro atoms. The first-order valence-electron chi connectivity index (χ1n) is 6.44. The van der Waals surface area contributed by atoms with Gasteiger partial charge in [-0.25, -0.2) is 9.59 Å². The van der Waals surface area contributed by atoms with Crippen molar-refractivity contribution in [3.63, 3.8) is 0 Å². The largest absolute Gasteiger partial charge is 0.480 e. The second-order valence-corrected chi connectivity index (χ2v) is 4.59. The first kappa shape index (κ1) is 16.2. The molecule has 0 aromatic rings. The third-order valence-corrected chi connectivity index (χ3v) is 2.78. The minimum Gasteiger partial charge on any atom is -0.480 e. The van der Waals surface area contributed by atoms with Crippen molar-refractivity contribution < 1.29 is 29.0 Å². The van der Waals surface area contributed by atoms with Gasteiger partial charge in [-0.3, -0.25) is 4.79 Å². The van der Waals surface area contributed by atoms with E-state index in [0.29, 0.717) is 19.1 Å². The number of aliphatic carboxylic acids is 1. The van der Waals surface area contributed by atoms with E-state index >= 15 is 0 Å². The van der Waals surface area contributed by atoms with Gasteiger partial charge in [0.1, 0.15) is 6.04 Å². The molecule has 0 unspecified atom stereocenters. The van der Waals surface area contributed by atoms with Gasteiger partial charge in [0.05, 0.1) is 20.1 Å². The van der Waals surface area contributed by atoms with Crippen LogP contribution in [0.15, 0.2) is 0 Å². The molecule has 0 saturated heterocycles. The Balaban J connectivity index is 2.15. The van der Waals surface area contributed by atoms with Crippen LogP contribution in [0.1, 0.15) is 19.3 Å². The zero-order chi connectivity index (χ0) is 15.0. The van der Waals surface area contributed by atoms with Crippen molar-refractivity contribution in [3.8, 4) is 0 Å². The average molecular weight is 288 g/mol. The highest BCUT2D eigenvalue weighted by atomic mass is 16.5. The van der Waals surface area contributed by atoms with Crippen LogP contribution in [-0.2, 0) is 19.1 Å². The van der Waals surface area contributed by atoms with E-state index in [9.17, 15) is 14.4 Å². The van der Waals surface area contributed by atoms with E-state index < -0.39 is 30.4 Å². The number of rotatable bonds is 9. The molecule has 1 rings (SSSR count). The van der Waals surface area contributed by atoms with Crippen molar-refractivity contribution in [2.45, 2.75) is 25.3 Å². The molecule has 1 saturated carbocycles. The number of carboxylic acids is 1. The summed E-state index contributed by atoms with van der Waals surface area (Å²) in [6.45, 7) is 1.35. The van der Waals surface area contributed by atoms with Crippen molar-refractivity contribution in [2.75, 3.05) is 26.9 Å². The first-order valence-corrected chi connectivity index (χ1v) is 6.44. The number of hydrogen-bond acceptors (Lipinski definition) is 5. The maximum atomic E-state index is 11.4. The zero-order valence-electron chi connectivity index (χ0n) is 11.4. The van der Waals surface area contributed by atoms with E-state index in [1.165, 1.54) is 12.8 Å². The van der Waals surface area contributed by atoms with Crippen LogP contribution in [0.25, 0.3) is 0 Å². The number of esters is 1. The Morgan fingerprint density at radius 1 is 1.35 bits per heavy atom. The van der Waals surface area contributed by atoms with E-state index in [-0.39, 0.29) is 6.54 Å². The number of amides is 2. The molecule has 1 aliphatic carbocycles. The van der Waals surface area contributed by atoms with Crippen molar-refractivity contribution in [2.24, 2.45) is 5.92 Å². The van der Waals surface area contributed by atoms with Crippen LogP contribution in [0, 0.1) is 5.92 Å². The van der Waals surface area contributed by atoms with Crippen LogP contribution in [0.4, 0.5) is 4.79 Å². The number of carboxylic acid groups (broad SMARTS) is 1. The highest BCUT2D eigenvalue weighted by Gasteiger charge is 2.23. The molecule has 1 aliphatic rings. The number of carbonyl (C=O) groups is 3. The second-order valence-electron chi connectivity index (χ2n) is 4.59. The van der Waals surface area contributed by atoms with E-state index in [2.05, 4.69) is 15.4 Å². The van der Waals surface area contributed by atoms with Gasteiger partial charge < -0.3 is 25.2 Å². The molecule has 3 N–H and O–H groups in total. The van der Waals surface area contributed by atoms with E-state index in [1.807, 2.05) is 0 Å². The minimum absolute atomic E-state index is 0.281. The Morgan fingerprint density at radius 2 is 2.05 bits per heavy atom. The lowest BCUT2D eigenvalue weighted by Crippen LogP contribution is -2.47. The molecule has 0 aliphatic heterocycles. The van der Waals surface area contributed by atoms with Gasteiger partial charge in [-0.2, -0.15) is 0 Å². The van der Waals surface area contributed by atoms with Gasteiger partial charge in [0.25, 0.3) is 0 Å². The van der Waals surface area contributed by atoms with Gasteiger partial charge in [0.2, 0.25) is 0 Å². The highest BCUT2D eigenvalue weighted by molar-refractivity contribution is 5.86. The van der Waals surface area contributed by atoms with Gasteiger partial charge in [0, 0.05) is 13.2 Å². The number of hydrogen-bond donors (Lipinski definition) is 3. The molecule has 2 amide bonds. The topological polar surface area (TPSA) is 114 Å². The Bertz CT molecular complexity index is 356. The van der Waals surface area contributed by atoms with Gasteiger partial charge in [-0.1, -0.05) is 0 Å². The van der Waals surface area contributed by atoms with E-state index in [1.54, 1.807) is 0 Å². The normalized spacial score (nSPS) is 15.2. The molecule has 8 heteroatoms. The van der Waals surface area contributed by atoms with Crippen LogP contribution < -0.4 is 10.6 Å². The Morgan fingerprint density at radius 3 is 2.60 bits per heavy atom. The van der Waals surface area contributed by atoms with Crippen molar-refractivity contribution in [1.29, 1.82) is 0 Å². The van der Waals surface area contributed by atoms with Crippen LogP contribution in [0.2, 0.25) is 0 Å². The molecule has 114 valence electrons. The maximum Gasteiger partial charge on any atom is 0.326 e. The quantitative estimate of drug-likeness (QED) is 0.397. The summed E-state index contributed by atoms with van der Waals surface area (Å²) in [4.78, 5) is 33.3. The molecule has 0 radical (unpaired) electrons. The summed E-state index contributed by atoms with van der Waals surface area (Å²) in [6.07, 6.45) is 1.97. The summed E-state index contributed by atoms with van der Waals surface area (Å²) < 4.78 is 9.67. The molecule has 0 aromatic heterocycles. The molecule has 8 nitrogen and oxygen atoms in total. The van der Waals surface area contributed by atoms with Crippen LogP contribution >= 0.6 is 0 Å². The number of nitrogens with one attached hydrogen (secondary N) is 2. The molecule has 0 aromatic carbocycles. The monoisotopic (exact) mass is 288 g/mol. The predicted octanol–water partition coefficient (Wildman–Crippen LogP) is -0.271. The van der Waals surface area contributed by atoms with Crippen molar-refractivity contribution in [1.82, 2.24) is 10.6 Å². The first-order chi connectivity index (χ1) is 9.52. The number of methoxy groups -OCH3 is 1. The molecule has 0 bridgehead atoms. The predicted molar refractivity (Wildman–Crippen MR) is 68.1 cm³/mol. The van der Waals surface area contributed by atoms with Gasteiger partial charge in [0.15, 0.2) is 0 Å². The van der Waals surface area contributed by atoms with Gasteiger partial charge >= 0.3 is 18.0 Å². The van der Waals surface area contributed by atoms with E-state index in [4.69, 9.17) is 9.84 Å². The Hall–Kier alpha value is -1.83. The Labute approximate surface area is 116 Å². The number of carbonyl (C=O) groups excluding carboxylic acids is 2. The molecule has 1 fully saturated rings. The SMILES string of the molecule is COC(=O)C[C@H](NC(=O)NCCOCC1CC1)C(=O)O. The van der Waals surface area contributed by atoms with E-state index in [0.717, 1.165) is 7.11 Å². The van der Waals surface area contributed by atoms with Crippen molar-refractivity contribution >= 4 is 18.0 Å². The van der Waals surface area contributed by atoms with Crippen LogP contribution in [-0.4, -0.2) is 56.0 Å². The van der Waals surface area contributed by atoms with Crippen LogP contribution in [0.3, 0.4) is 0 Å². The van der Waals surface area contributed by atoms with Crippen molar-refractivity contribution in [3.05, 3.63) is 0 Å². The fourth-order valence-electron chi connectivity index (χ4n) is 1.43. The molecule has 0 heterocycles. The highest BCUT2D eigenvalue weighted by Crippen LogP contribution is 2.28. The summed E-state index contributed by atoms with van der Waals surface area (Å²) in [7, 11) is 1.15. The number of urea groups is 1. The fourth-order valence-corrected chi connectivity index (χ4v) is 1.43. The summed E-state index contributed by atoms with van der Waals surface area (Å²) in [6, 6.07) is -1.97. The van der Waals surface area contributed by atoms with Gasteiger partial charge in [-0.05, 0) is 18.8 Å². The zero-order valence-corrected chi connectivity index (χ0v) is 11.4. The Kier molecular flexibility index (Phi) is 6.78. The lowest BCUT2D eigenvalue weighted by atomic mass is 10.2. The molecule has 20 heavy (non-hydrogen) atoms. The maximum absolute atomic E-state index is 11.4. The summed E-state index contributed by atoms with van der Waals surface area (Å²) in [5, 5.41) is 13.5. The smallest absolute Gasteiger partial charge is 0.326 e.